The molecule has 1 aliphatic rings. The molecule has 0 spiro atoms. The van der Waals surface area contributed by atoms with Gasteiger partial charge in [-0.05, 0) is 17.7 Å². The van der Waals surface area contributed by atoms with Crippen molar-refractivity contribution in [3.8, 4) is 0 Å². The van der Waals surface area contributed by atoms with E-state index in [1.165, 1.54) is 5.56 Å². The maximum atomic E-state index is 11.3. The Hall–Kier alpha value is -2.51. The van der Waals surface area contributed by atoms with Gasteiger partial charge in [0.2, 0.25) is 0 Å². The van der Waals surface area contributed by atoms with Gasteiger partial charge < -0.3 is 9.97 Å². The fourth-order valence-electron chi connectivity index (χ4n) is 2.50. The van der Waals surface area contributed by atoms with E-state index in [1.807, 2.05) is 36.4 Å². The molecule has 0 unspecified atom stereocenters. The maximum absolute atomic E-state index is 11.3. The quantitative estimate of drug-likeness (QED) is 0.659. The topological polar surface area (TPSA) is 85.4 Å². The van der Waals surface area contributed by atoms with Crippen LogP contribution in [0.25, 0.3) is 11.0 Å². The van der Waals surface area contributed by atoms with Crippen molar-refractivity contribution >= 4 is 46.1 Å². The van der Waals surface area contributed by atoms with E-state index in [2.05, 4.69) is 37.6 Å². The minimum atomic E-state index is -0.199. The van der Waals surface area contributed by atoms with Crippen LogP contribution in [0.2, 0.25) is 0 Å². The van der Waals surface area contributed by atoms with Gasteiger partial charge in [0, 0.05) is 11.3 Å². The number of imidazole rings is 1. The molecule has 2 heterocycles. The maximum Gasteiger partial charge on any atom is 0.323 e. The van der Waals surface area contributed by atoms with Crippen LogP contribution in [0, 0.1) is 0 Å². The SMILES string of the molecule is Cl.O=c1[nH]c2ccc(C3=NNC(=NCc4ccccc4)SC3)cc2[nH]1. The van der Waals surface area contributed by atoms with Crippen molar-refractivity contribution in [3.05, 3.63) is 70.1 Å². The summed E-state index contributed by atoms with van der Waals surface area (Å²) in [5.41, 5.74) is 7.49. The van der Waals surface area contributed by atoms with Crippen LogP contribution in [0.1, 0.15) is 11.1 Å². The number of hydrogen-bond donors (Lipinski definition) is 3. The lowest BCUT2D eigenvalue weighted by atomic mass is 10.1. The monoisotopic (exact) mass is 373 g/mol. The Morgan fingerprint density at radius 2 is 1.88 bits per heavy atom. The smallest absolute Gasteiger partial charge is 0.306 e. The van der Waals surface area contributed by atoms with Crippen LogP contribution in [-0.4, -0.2) is 26.6 Å². The lowest BCUT2D eigenvalue weighted by Gasteiger charge is -2.15. The summed E-state index contributed by atoms with van der Waals surface area (Å²) in [7, 11) is 0. The number of aromatic amines is 2. The first-order chi connectivity index (χ1) is 11.8. The summed E-state index contributed by atoms with van der Waals surface area (Å²) in [5, 5.41) is 5.24. The molecular formula is C17H16ClN5OS. The number of thioether (sulfide) groups is 1. The lowest BCUT2D eigenvalue weighted by Crippen LogP contribution is -2.25. The van der Waals surface area contributed by atoms with E-state index >= 15 is 0 Å². The average Bonchev–Trinajstić information content (AvgIpc) is 3.00. The number of hydrazone groups is 1. The molecule has 0 saturated heterocycles. The van der Waals surface area contributed by atoms with Gasteiger partial charge in [-0.2, -0.15) is 5.10 Å². The Morgan fingerprint density at radius 3 is 2.64 bits per heavy atom. The summed E-state index contributed by atoms with van der Waals surface area (Å²) in [5.74, 6) is 0.737. The van der Waals surface area contributed by atoms with E-state index in [-0.39, 0.29) is 18.1 Å². The van der Waals surface area contributed by atoms with Gasteiger partial charge in [-0.1, -0.05) is 48.2 Å². The first-order valence-corrected chi connectivity index (χ1v) is 8.53. The van der Waals surface area contributed by atoms with E-state index in [0.29, 0.717) is 6.54 Å². The molecule has 3 aromatic rings. The highest BCUT2D eigenvalue weighted by Gasteiger charge is 2.13. The van der Waals surface area contributed by atoms with Gasteiger partial charge in [-0.15, -0.1) is 12.4 Å². The van der Waals surface area contributed by atoms with Gasteiger partial charge in [-0.3, -0.25) is 10.4 Å². The summed E-state index contributed by atoms with van der Waals surface area (Å²) in [6, 6.07) is 15.9. The Morgan fingerprint density at radius 1 is 1.08 bits per heavy atom. The molecule has 0 aliphatic carbocycles. The second-order valence-electron chi connectivity index (χ2n) is 5.41. The van der Waals surface area contributed by atoms with E-state index < -0.39 is 0 Å². The van der Waals surface area contributed by atoms with Crippen LogP contribution < -0.4 is 11.1 Å². The summed E-state index contributed by atoms with van der Waals surface area (Å²) >= 11 is 1.62. The van der Waals surface area contributed by atoms with Crippen molar-refractivity contribution in [2.24, 2.45) is 10.1 Å². The highest BCUT2D eigenvalue weighted by Crippen LogP contribution is 2.17. The first-order valence-electron chi connectivity index (χ1n) is 7.54. The highest BCUT2D eigenvalue weighted by atomic mass is 35.5. The molecule has 0 saturated carbocycles. The molecule has 4 rings (SSSR count). The molecule has 1 aromatic heterocycles. The number of aliphatic imine (C=N–C) groups is 1. The molecule has 8 heteroatoms. The normalized spacial score (nSPS) is 15.5. The summed E-state index contributed by atoms with van der Waals surface area (Å²) < 4.78 is 0. The van der Waals surface area contributed by atoms with Crippen molar-refractivity contribution in [1.82, 2.24) is 15.4 Å². The molecule has 0 amide bonds. The first kappa shape index (κ1) is 17.3. The zero-order valence-electron chi connectivity index (χ0n) is 13.2. The van der Waals surface area contributed by atoms with Gasteiger partial charge in [0.1, 0.15) is 0 Å². The third-order valence-corrected chi connectivity index (χ3v) is 4.64. The highest BCUT2D eigenvalue weighted by molar-refractivity contribution is 8.14. The van der Waals surface area contributed by atoms with E-state index in [1.54, 1.807) is 11.8 Å². The van der Waals surface area contributed by atoms with Gasteiger partial charge in [0.05, 0.1) is 23.3 Å². The summed E-state index contributed by atoms with van der Waals surface area (Å²) in [6.45, 7) is 0.636. The molecule has 2 aromatic carbocycles. The standard InChI is InChI=1S/C17H15N5OS.ClH/c23-16-19-13-7-6-12(8-14(13)20-16)15-10-24-17(22-21-15)18-9-11-4-2-1-3-5-11;/h1-8H,9-10H2,(H,18,22)(H2,19,20,23);1H. The zero-order chi connectivity index (χ0) is 16.4. The molecule has 1 aliphatic heterocycles. The van der Waals surface area contributed by atoms with Crippen molar-refractivity contribution in [2.75, 3.05) is 5.75 Å². The average molecular weight is 374 g/mol. The number of aromatic nitrogens is 2. The van der Waals surface area contributed by atoms with Gasteiger partial charge >= 0.3 is 5.69 Å². The van der Waals surface area contributed by atoms with Gasteiger partial charge in [-0.25, -0.2) is 4.79 Å². The van der Waals surface area contributed by atoms with Crippen LogP contribution in [0.4, 0.5) is 0 Å². The largest absolute Gasteiger partial charge is 0.323 e. The molecule has 128 valence electrons. The number of rotatable bonds is 3. The van der Waals surface area contributed by atoms with Crippen LogP contribution in [-0.2, 0) is 6.54 Å². The van der Waals surface area contributed by atoms with Gasteiger partial charge in [0.15, 0.2) is 5.17 Å². The fourth-order valence-corrected chi connectivity index (χ4v) is 3.27. The molecular weight excluding hydrogens is 358 g/mol. The van der Waals surface area contributed by atoms with Crippen molar-refractivity contribution in [3.63, 3.8) is 0 Å². The molecule has 25 heavy (non-hydrogen) atoms. The minimum absolute atomic E-state index is 0. The molecule has 0 bridgehead atoms. The Kier molecular flexibility index (Phi) is 5.25. The predicted molar refractivity (Wildman–Crippen MR) is 106 cm³/mol. The number of fused-ring (bicyclic) bond motifs is 1. The Labute approximate surface area is 154 Å². The van der Waals surface area contributed by atoms with Crippen molar-refractivity contribution in [1.29, 1.82) is 0 Å². The van der Waals surface area contributed by atoms with Crippen LogP contribution in [0.3, 0.4) is 0 Å². The van der Waals surface area contributed by atoms with E-state index in [0.717, 1.165) is 33.2 Å². The van der Waals surface area contributed by atoms with Gasteiger partial charge in [0.25, 0.3) is 0 Å². The van der Waals surface area contributed by atoms with Crippen molar-refractivity contribution in [2.45, 2.75) is 6.54 Å². The molecule has 3 N–H and O–H groups in total. The third-order valence-electron chi connectivity index (χ3n) is 3.73. The van der Waals surface area contributed by atoms with E-state index in [4.69, 9.17) is 0 Å². The number of hydrogen-bond acceptors (Lipinski definition) is 4. The zero-order valence-corrected chi connectivity index (χ0v) is 14.8. The number of benzene rings is 2. The number of nitrogens with zero attached hydrogens (tertiary/aromatic N) is 2. The third kappa shape index (κ3) is 3.94. The van der Waals surface area contributed by atoms with Crippen LogP contribution >= 0.6 is 24.2 Å². The second kappa shape index (κ2) is 7.58. The fraction of sp³-hybridized carbons (Fsp3) is 0.118. The van der Waals surface area contributed by atoms with Crippen LogP contribution in [0.5, 0.6) is 0 Å². The Balaban J connectivity index is 0.00000182. The predicted octanol–water partition coefficient (Wildman–Crippen LogP) is 2.87. The number of H-pyrrole nitrogens is 2. The minimum Gasteiger partial charge on any atom is -0.306 e. The second-order valence-corrected chi connectivity index (χ2v) is 6.37. The van der Waals surface area contributed by atoms with E-state index in [9.17, 15) is 4.79 Å². The molecule has 0 atom stereocenters. The van der Waals surface area contributed by atoms with Crippen molar-refractivity contribution < 1.29 is 0 Å². The number of nitrogens with one attached hydrogen (secondary N) is 3. The summed E-state index contributed by atoms with van der Waals surface area (Å²) in [4.78, 5) is 21.4. The Bertz CT molecular complexity index is 993. The lowest BCUT2D eigenvalue weighted by molar-refractivity contribution is 0.987. The number of amidine groups is 1. The molecule has 6 nitrogen and oxygen atoms in total. The number of halogens is 1. The van der Waals surface area contributed by atoms with Crippen LogP contribution in [0.15, 0.2) is 63.4 Å². The molecule has 0 radical (unpaired) electrons. The summed E-state index contributed by atoms with van der Waals surface area (Å²) in [6.07, 6.45) is 0. The molecule has 0 fully saturated rings.